The Morgan fingerprint density at radius 1 is 1.00 bits per heavy atom. The Hall–Kier alpha value is -1.63. The van der Waals surface area contributed by atoms with Crippen molar-refractivity contribution >= 4 is 34.9 Å². The zero-order valence-electron chi connectivity index (χ0n) is 15.4. The molecule has 2 saturated heterocycles. The van der Waals surface area contributed by atoms with Crippen molar-refractivity contribution < 1.29 is 0 Å². The summed E-state index contributed by atoms with van der Waals surface area (Å²) in [7, 11) is 0. The quantitative estimate of drug-likeness (QED) is 0.781. The highest BCUT2D eigenvalue weighted by Crippen LogP contribution is 2.26. The summed E-state index contributed by atoms with van der Waals surface area (Å²) in [5.74, 6) is 3.18. The molecule has 0 aliphatic carbocycles. The zero-order chi connectivity index (χ0) is 17.6. The molecule has 2 aliphatic rings. The van der Waals surface area contributed by atoms with Gasteiger partial charge < -0.3 is 20.4 Å². The molecule has 0 aromatic carbocycles. The lowest BCUT2D eigenvalue weighted by Gasteiger charge is -2.29. The second-order valence-corrected chi connectivity index (χ2v) is 7.79. The van der Waals surface area contributed by atoms with Crippen LogP contribution in [0.25, 0.3) is 0 Å². The van der Waals surface area contributed by atoms with Crippen LogP contribution in [-0.4, -0.2) is 47.8 Å². The Morgan fingerprint density at radius 2 is 1.52 bits per heavy atom. The monoisotopic (exact) mass is 362 g/mol. The number of hydrogen-bond acceptors (Lipinski definition) is 5. The van der Waals surface area contributed by atoms with Gasteiger partial charge in [-0.2, -0.15) is 9.97 Å². The topological polar surface area (TPSA) is 56.3 Å². The van der Waals surface area contributed by atoms with Crippen molar-refractivity contribution in [1.29, 1.82) is 0 Å². The van der Waals surface area contributed by atoms with Crippen LogP contribution < -0.4 is 20.4 Å². The minimum Gasteiger partial charge on any atom is -0.362 e. The summed E-state index contributed by atoms with van der Waals surface area (Å²) < 4.78 is 0. The van der Waals surface area contributed by atoms with Gasteiger partial charge in [-0.15, -0.1) is 0 Å². The van der Waals surface area contributed by atoms with Gasteiger partial charge in [0, 0.05) is 38.8 Å². The highest BCUT2D eigenvalue weighted by Gasteiger charge is 2.19. The van der Waals surface area contributed by atoms with Crippen LogP contribution in [0.5, 0.6) is 0 Å². The Morgan fingerprint density at radius 3 is 2.04 bits per heavy atom. The molecular weight excluding hydrogens is 332 g/mol. The summed E-state index contributed by atoms with van der Waals surface area (Å²) >= 11 is 5.40. The Kier molecular flexibility index (Phi) is 6.29. The van der Waals surface area contributed by atoms with Gasteiger partial charge in [0.2, 0.25) is 5.95 Å². The number of thiocarbonyl (C=S) groups is 1. The zero-order valence-corrected chi connectivity index (χ0v) is 16.2. The molecule has 0 radical (unpaired) electrons. The van der Waals surface area contributed by atoms with Crippen LogP contribution in [0.2, 0.25) is 0 Å². The number of aromatic nitrogens is 2. The lowest BCUT2D eigenvalue weighted by atomic mass is 10.1. The van der Waals surface area contributed by atoms with Crippen LogP contribution >= 0.6 is 12.2 Å². The van der Waals surface area contributed by atoms with Crippen LogP contribution in [0, 0.1) is 5.92 Å². The van der Waals surface area contributed by atoms with E-state index in [-0.39, 0.29) is 0 Å². The first kappa shape index (κ1) is 18.2. The van der Waals surface area contributed by atoms with Crippen LogP contribution in [0.4, 0.5) is 17.6 Å². The number of piperidine rings is 1. The van der Waals surface area contributed by atoms with E-state index in [2.05, 4.69) is 40.3 Å². The standard InChI is InChI=1S/C18H30N6S/c1-14(2)13-19-18(25)22-17-20-15(23-8-4-3-5-9-23)12-16(21-17)24-10-6-7-11-24/h12,14H,3-11,13H2,1-2H3,(H2,19,20,21,22,25). The molecule has 6 nitrogen and oxygen atoms in total. The molecule has 0 amide bonds. The van der Waals surface area contributed by atoms with Gasteiger partial charge in [-0.1, -0.05) is 13.8 Å². The molecule has 1 aromatic heterocycles. The first-order chi connectivity index (χ1) is 12.1. The summed E-state index contributed by atoms with van der Waals surface area (Å²) in [6.45, 7) is 9.47. The second-order valence-electron chi connectivity index (χ2n) is 7.38. The third-order valence-corrected chi connectivity index (χ3v) is 4.95. The highest BCUT2D eigenvalue weighted by molar-refractivity contribution is 7.80. The average Bonchev–Trinajstić information content (AvgIpc) is 3.15. The van der Waals surface area contributed by atoms with Crippen molar-refractivity contribution in [2.24, 2.45) is 5.92 Å². The number of nitrogens with one attached hydrogen (secondary N) is 2. The lowest BCUT2D eigenvalue weighted by molar-refractivity contribution is 0.573. The van der Waals surface area contributed by atoms with E-state index in [0.717, 1.165) is 44.4 Å². The van der Waals surface area contributed by atoms with Crippen molar-refractivity contribution in [2.45, 2.75) is 46.0 Å². The molecule has 25 heavy (non-hydrogen) atoms. The fourth-order valence-electron chi connectivity index (χ4n) is 3.31. The molecule has 2 aliphatic heterocycles. The van der Waals surface area contributed by atoms with Crippen LogP contribution in [0.1, 0.15) is 46.0 Å². The SMILES string of the molecule is CC(C)CNC(=S)Nc1nc(N2CCCCC2)cc(N2CCCC2)n1. The molecule has 0 unspecified atom stereocenters. The van der Waals surface area contributed by atoms with Crippen molar-refractivity contribution in [3.8, 4) is 0 Å². The molecule has 3 heterocycles. The summed E-state index contributed by atoms with van der Waals surface area (Å²) in [4.78, 5) is 14.2. The molecule has 0 bridgehead atoms. The minimum atomic E-state index is 0.542. The van der Waals surface area contributed by atoms with Gasteiger partial charge >= 0.3 is 0 Å². The van der Waals surface area contributed by atoms with Gasteiger partial charge in [0.25, 0.3) is 0 Å². The fraction of sp³-hybridized carbons (Fsp3) is 0.722. The summed E-state index contributed by atoms with van der Waals surface area (Å²) in [6, 6.07) is 2.15. The van der Waals surface area contributed by atoms with Crippen molar-refractivity contribution in [1.82, 2.24) is 15.3 Å². The van der Waals surface area contributed by atoms with Gasteiger partial charge in [-0.25, -0.2) is 0 Å². The molecule has 7 heteroatoms. The van der Waals surface area contributed by atoms with E-state index in [1.807, 2.05) is 0 Å². The molecule has 2 N–H and O–H groups in total. The first-order valence-corrected chi connectivity index (χ1v) is 9.96. The summed E-state index contributed by atoms with van der Waals surface area (Å²) in [6.07, 6.45) is 6.26. The number of nitrogens with zero attached hydrogens (tertiary/aromatic N) is 4. The molecule has 2 fully saturated rings. The molecule has 0 spiro atoms. The minimum absolute atomic E-state index is 0.542. The smallest absolute Gasteiger partial charge is 0.232 e. The van der Waals surface area contributed by atoms with E-state index in [9.17, 15) is 0 Å². The third kappa shape index (κ3) is 5.17. The average molecular weight is 363 g/mol. The maximum absolute atomic E-state index is 5.40. The van der Waals surface area contributed by atoms with E-state index in [0.29, 0.717) is 17.0 Å². The van der Waals surface area contributed by atoms with Crippen LogP contribution in [0.3, 0.4) is 0 Å². The van der Waals surface area contributed by atoms with Gasteiger partial charge in [-0.05, 0) is 50.2 Å². The first-order valence-electron chi connectivity index (χ1n) is 9.55. The second kappa shape index (κ2) is 8.65. The maximum Gasteiger partial charge on any atom is 0.232 e. The van der Waals surface area contributed by atoms with Gasteiger partial charge in [0.05, 0.1) is 0 Å². The Bertz CT molecular complexity index is 579. The van der Waals surface area contributed by atoms with E-state index in [4.69, 9.17) is 22.2 Å². The Balaban J connectivity index is 1.77. The fourth-order valence-corrected chi connectivity index (χ4v) is 3.49. The molecular formula is C18H30N6S. The third-order valence-electron chi connectivity index (χ3n) is 4.71. The number of anilines is 3. The molecule has 0 atom stereocenters. The summed E-state index contributed by atoms with van der Waals surface area (Å²) in [5.41, 5.74) is 0. The van der Waals surface area contributed by atoms with Crippen LogP contribution in [0.15, 0.2) is 6.07 Å². The largest absolute Gasteiger partial charge is 0.362 e. The number of rotatable bonds is 5. The van der Waals surface area contributed by atoms with E-state index >= 15 is 0 Å². The van der Waals surface area contributed by atoms with E-state index in [1.165, 1.54) is 32.1 Å². The van der Waals surface area contributed by atoms with Crippen molar-refractivity contribution in [3.05, 3.63) is 6.07 Å². The van der Waals surface area contributed by atoms with Gasteiger partial charge in [-0.3, -0.25) is 0 Å². The normalized spacial score (nSPS) is 17.9. The molecule has 1 aromatic rings. The van der Waals surface area contributed by atoms with Crippen molar-refractivity contribution in [3.63, 3.8) is 0 Å². The van der Waals surface area contributed by atoms with E-state index in [1.54, 1.807) is 0 Å². The maximum atomic E-state index is 5.40. The number of hydrogen-bond donors (Lipinski definition) is 2. The predicted octanol–water partition coefficient (Wildman–Crippen LogP) is 3.01. The van der Waals surface area contributed by atoms with Crippen molar-refractivity contribution in [2.75, 3.05) is 47.8 Å². The molecule has 0 saturated carbocycles. The predicted molar refractivity (Wildman–Crippen MR) is 109 cm³/mol. The highest BCUT2D eigenvalue weighted by atomic mass is 32.1. The Labute approximate surface area is 156 Å². The van der Waals surface area contributed by atoms with Crippen LogP contribution in [-0.2, 0) is 0 Å². The summed E-state index contributed by atoms with van der Waals surface area (Å²) in [5, 5.41) is 7.01. The van der Waals surface area contributed by atoms with Gasteiger partial charge in [0.1, 0.15) is 11.6 Å². The van der Waals surface area contributed by atoms with Gasteiger partial charge in [0.15, 0.2) is 5.11 Å². The molecule has 3 rings (SSSR count). The molecule has 138 valence electrons. The van der Waals surface area contributed by atoms with E-state index < -0.39 is 0 Å². The lowest BCUT2D eigenvalue weighted by Crippen LogP contribution is -2.34.